The van der Waals surface area contributed by atoms with Gasteiger partial charge in [-0.2, -0.15) is 5.10 Å². The molecule has 0 spiro atoms. The minimum Gasteiger partial charge on any atom is -0.448 e. The van der Waals surface area contributed by atoms with E-state index in [2.05, 4.69) is 43.0 Å². The van der Waals surface area contributed by atoms with Crippen molar-refractivity contribution >= 4 is 51.1 Å². The highest BCUT2D eigenvalue weighted by Crippen LogP contribution is 2.23. The van der Waals surface area contributed by atoms with E-state index >= 15 is 0 Å². The van der Waals surface area contributed by atoms with Crippen LogP contribution < -0.4 is 5.32 Å². The van der Waals surface area contributed by atoms with Gasteiger partial charge in [-0.1, -0.05) is 24.3 Å². The number of hydrogen-bond acceptors (Lipinski definition) is 5. The first kappa shape index (κ1) is 20.8. The van der Waals surface area contributed by atoms with Crippen LogP contribution in [0, 0.1) is 9.49 Å². The van der Waals surface area contributed by atoms with Crippen molar-refractivity contribution in [3.05, 3.63) is 57.8 Å². The summed E-state index contributed by atoms with van der Waals surface area (Å²) in [6.07, 6.45) is 2.89. The van der Waals surface area contributed by atoms with Crippen LogP contribution in [-0.2, 0) is 4.74 Å². The van der Waals surface area contributed by atoms with Crippen LogP contribution in [0.1, 0.15) is 23.2 Å². The molecular weight excluding hydrogens is 495 g/mol. The zero-order valence-electron chi connectivity index (χ0n) is 16.4. The average molecular weight is 518 g/mol. The number of carbonyl (C=O) groups excluding carboxylic acids is 2. The molecule has 1 saturated heterocycles. The number of benzene rings is 2. The van der Waals surface area contributed by atoms with Crippen LogP contribution in [0.2, 0.25) is 0 Å². The number of nitrogens with one attached hydrogen (secondary N) is 2. The van der Waals surface area contributed by atoms with Gasteiger partial charge in [0.05, 0.1) is 17.4 Å². The van der Waals surface area contributed by atoms with Crippen molar-refractivity contribution in [2.45, 2.75) is 12.8 Å². The van der Waals surface area contributed by atoms with Crippen LogP contribution in [0.5, 0.6) is 0 Å². The summed E-state index contributed by atoms with van der Waals surface area (Å²) in [7, 11) is 0. The van der Waals surface area contributed by atoms with Crippen molar-refractivity contribution in [2.24, 2.45) is 5.92 Å². The van der Waals surface area contributed by atoms with E-state index in [1.54, 1.807) is 12.3 Å². The highest BCUT2D eigenvalue weighted by molar-refractivity contribution is 14.1. The van der Waals surface area contributed by atoms with E-state index in [0.717, 1.165) is 46.0 Å². The molecule has 0 unspecified atom stereocenters. The molecule has 1 fully saturated rings. The van der Waals surface area contributed by atoms with E-state index in [1.165, 1.54) is 0 Å². The van der Waals surface area contributed by atoms with Gasteiger partial charge in [-0.25, -0.2) is 4.79 Å². The molecule has 2 N–H and O–H groups in total. The number of rotatable bonds is 6. The topological polar surface area (TPSA) is 87.3 Å². The summed E-state index contributed by atoms with van der Waals surface area (Å²) in [5, 5.41) is 10.5. The molecule has 156 valence electrons. The van der Waals surface area contributed by atoms with Gasteiger partial charge in [0.2, 0.25) is 0 Å². The number of piperidine rings is 1. The Kier molecular flexibility index (Phi) is 6.63. The van der Waals surface area contributed by atoms with Crippen LogP contribution in [0.3, 0.4) is 0 Å². The van der Waals surface area contributed by atoms with Crippen molar-refractivity contribution in [3.63, 3.8) is 0 Å². The second-order valence-electron chi connectivity index (χ2n) is 7.39. The minimum absolute atomic E-state index is 0.0698. The Labute approximate surface area is 188 Å². The van der Waals surface area contributed by atoms with Crippen molar-refractivity contribution in [3.8, 4) is 0 Å². The van der Waals surface area contributed by atoms with Crippen LogP contribution in [0.4, 0.5) is 10.5 Å². The third-order valence-corrected chi connectivity index (χ3v) is 6.16. The van der Waals surface area contributed by atoms with Crippen molar-refractivity contribution in [1.29, 1.82) is 0 Å². The Morgan fingerprint density at radius 2 is 1.93 bits per heavy atom. The number of fused-ring (bicyclic) bond motifs is 1. The Bertz CT molecular complexity index is 1030. The lowest BCUT2D eigenvalue weighted by Crippen LogP contribution is -2.38. The Balaban J connectivity index is 1.19. The van der Waals surface area contributed by atoms with Gasteiger partial charge in [0.1, 0.15) is 6.61 Å². The lowest BCUT2D eigenvalue weighted by atomic mass is 9.89. The number of amides is 1. The number of aromatic nitrogens is 2. The minimum atomic E-state index is -0.485. The van der Waals surface area contributed by atoms with Crippen LogP contribution in [-0.4, -0.2) is 53.2 Å². The Morgan fingerprint density at radius 1 is 1.17 bits per heavy atom. The number of ketones is 1. The van der Waals surface area contributed by atoms with Gasteiger partial charge in [0, 0.05) is 27.0 Å². The molecule has 3 aromatic rings. The van der Waals surface area contributed by atoms with Crippen molar-refractivity contribution in [1.82, 2.24) is 15.1 Å². The summed E-state index contributed by atoms with van der Waals surface area (Å²) in [6, 6.07) is 13.3. The average Bonchev–Trinajstić information content (AvgIpc) is 3.24. The molecule has 0 radical (unpaired) electrons. The van der Waals surface area contributed by atoms with Crippen LogP contribution in [0.25, 0.3) is 10.9 Å². The largest absolute Gasteiger partial charge is 0.448 e. The summed E-state index contributed by atoms with van der Waals surface area (Å²) >= 11 is 2.24. The maximum Gasteiger partial charge on any atom is 0.411 e. The zero-order chi connectivity index (χ0) is 20.9. The molecule has 0 saturated carbocycles. The molecule has 0 aliphatic carbocycles. The molecule has 1 aliphatic heterocycles. The molecule has 0 bridgehead atoms. The molecule has 30 heavy (non-hydrogen) atoms. The molecule has 8 heteroatoms. The van der Waals surface area contributed by atoms with E-state index in [0.29, 0.717) is 18.8 Å². The van der Waals surface area contributed by atoms with Gasteiger partial charge in [-0.3, -0.25) is 20.1 Å². The van der Waals surface area contributed by atoms with E-state index in [4.69, 9.17) is 4.74 Å². The van der Waals surface area contributed by atoms with Gasteiger partial charge in [-0.15, -0.1) is 0 Å². The summed E-state index contributed by atoms with van der Waals surface area (Å²) in [5.74, 6) is 0.301. The number of para-hydroxylation sites is 1. The normalized spacial score (nSPS) is 15.2. The predicted molar refractivity (Wildman–Crippen MR) is 124 cm³/mol. The molecule has 1 aliphatic rings. The van der Waals surface area contributed by atoms with Crippen molar-refractivity contribution in [2.75, 3.05) is 31.6 Å². The highest BCUT2D eigenvalue weighted by Gasteiger charge is 2.25. The number of anilines is 1. The van der Waals surface area contributed by atoms with E-state index in [-0.39, 0.29) is 11.7 Å². The Hall–Kier alpha value is -2.46. The van der Waals surface area contributed by atoms with Gasteiger partial charge in [-0.05, 0) is 66.7 Å². The van der Waals surface area contributed by atoms with E-state index in [1.807, 2.05) is 36.4 Å². The summed E-state index contributed by atoms with van der Waals surface area (Å²) in [4.78, 5) is 27.0. The fraction of sp³-hybridized carbons (Fsp3) is 0.318. The number of aromatic amines is 1. The first-order chi connectivity index (χ1) is 14.6. The third kappa shape index (κ3) is 4.99. The second kappa shape index (κ2) is 9.57. The van der Waals surface area contributed by atoms with Gasteiger partial charge < -0.3 is 4.74 Å². The first-order valence-electron chi connectivity index (χ1n) is 9.98. The lowest BCUT2D eigenvalue weighted by molar-refractivity contribution is 0.0813. The Morgan fingerprint density at radius 3 is 2.70 bits per heavy atom. The van der Waals surface area contributed by atoms with Crippen molar-refractivity contribution < 1.29 is 14.3 Å². The zero-order valence-corrected chi connectivity index (χ0v) is 18.6. The molecule has 4 rings (SSSR count). The second-order valence-corrected chi connectivity index (χ2v) is 8.63. The number of halogens is 1. The summed E-state index contributed by atoms with van der Waals surface area (Å²) in [6.45, 7) is 2.63. The third-order valence-electron chi connectivity index (χ3n) is 5.44. The van der Waals surface area contributed by atoms with Gasteiger partial charge in [0.15, 0.2) is 5.78 Å². The molecule has 1 amide bonds. The number of carbonyl (C=O) groups is 2. The standard InChI is InChI=1S/C22H23IN4O3/c23-18-6-4-15(5-7-18)21(28)16-8-10-27(11-9-16)12-13-30-22(29)25-19-3-1-2-17-14-24-26-20(17)19/h1-7,14,16H,8-13H2,(H,24,26)(H,25,29). The maximum absolute atomic E-state index is 12.7. The molecular formula is C22H23IN4O3. The fourth-order valence-corrected chi connectivity index (χ4v) is 4.11. The molecule has 0 atom stereocenters. The molecule has 1 aromatic heterocycles. The van der Waals surface area contributed by atoms with Gasteiger partial charge >= 0.3 is 6.09 Å². The predicted octanol–water partition coefficient (Wildman–Crippen LogP) is 4.31. The van der Waals surface area contributed by atoms with Crippen LogP contribution in [0.15, 0.2) is 48.7 Å². The summed E-state index contributed by atoms with van der Waals surface area (Å²) < 4.78 is 6.46. The highest BCUT2D eigenvalue weighted by atomic mass is 127. The number of likely N-dealkylation sites (tertiary alicyclic amines) is 1. The fourth-order valence-electron chi connectivity index (χ4n) is 3.76. The number of Topliss-reactive ketones (excluding diaryl/α,β-unsaturated/α-hetero) is 1. The molecule has 2 heterocycles. The molecule has 7 nitrogen and oxygen atoms in total. The number of nitrogens with zero attached hydrogens (tertiary/aromatic N) is 2. The first-order valence-corrected chi connectivity index (χ1v) is 11.1. The quantitative estimate of drug-likeness (QED) is 0.375. The SMILES string of the molecule is O=C(Nc1cccc2cn[nH]c12)OCCN1CCC(C(=O)c2ccc(I)cc2)CC1. The monoisotopic (exact) mass is 518 g/mol. The maximum atomic E-state index is 12.7. The van der Waals surface area contributed by atoms with Crippen LogP contribution >= 0.6 is 22.6 Å². The smallest absolute Gasteiger partial charge is 0.411 e. The van der Waals surface area contributed by atoms with E-state index in [9.17, 15) is 9.59 Å². The molecule has 2 aromatic carbocycles. The number of hydrogen-bond donors (Lipinski definition) is 2. The number of H-pyrrole nitrogens is 1. The van der Waals surface area contributed by atoms with E-state index < -0.39 is 6.09 Å². The number of ether oxygens (including phenoxy) is 1. The lowest BCUT2D eigenvalue weighted by Gasteiger charge is -2.31. The van der Waals surface area contributed by atoms with Gasteiger partial charge in [0.25, 0.3) is 0 Å². The summed E-state index contributed by atoms with van der Waals surface area (Å²) in [5.41, 5.74) is 2.21.